The van der Waals surface area contributed by atoms with Crippen LogP contribution in [0.5, 0.6) is 0 Å². The van der Waals surface area contributed by atoms with E-state index in [4.69, 9.17) is 11.6 Å². The summed E-state index contributed by atoms with van der Waals surface area (Å²) >= 11 is 5.72. The number of likely N-dealkylation sites (N-methyl/N-ethyl adjacent to an activating group) is 1. The van der Waals surface area contributed by atoms with Gasteiger partial charge in [-0.1, -0.05) is 11.6 Å². The van der Waals surface area contributed by atoms with Crippen molar-refractivity contribution < 1.29 is 0 Å². The third kappa shape index (κ3) is 1.48. The van der Waals surface area contributed by atoms with Gasteiger partial charge in [-0.2, -0.15) is 0 Å². The van der Waals surface area contributed by atoms with Gasteiger partial charge in [0.2, 0.25) is 0 Å². The lowest BCUT2D eigenvalue weighted by atomic mass is 10.2. The summed E-state index contributed by atoms with van der Waals surface area (Å²) in [5.41, 5.74) is 0. The van der Waals surface area contributed by atoms with Gasteiger partial charge in [0.15, 0.2) is 11.0 Å². The van der Waals surface area contributed by atoms with Crippen LogP contribution in [-0.4, -0.2) is 47.3 Å². The predicted octanol–water partition coefficient (Wildman–Crippen LogP) is 1.02. The number of aromatic nitrogens is 2. The molecular weight excluding hydrogens is 212 g/mol. The molecule has 0 unspecified atom stereocenters. The fourth-order valence-corrected chi connectivity index (χ4v) is 2.71. The van der Waals surface area contributed by atoms with E-state index in [0.29, 0.717) is 17.2 Å². The first kappa shape index (κ1) is 9.36. The van der Waals surface area contributed by atoms with E-state index in [-0.39, 0.29) is 0 Å². The van der Waals surface area contributed by atoms with E-state index in [9.17, 15) is 0 Å². The molecule has 3 heterocycles. The molecule has 5 heteroatoms. The Morgan fingerprint density at radius 1 is 1.27 bits per heavy atom. The molecule has 3 rings (SSSR count). The van der Waals surface area contributed by atoms with Crippen molar-refractivity contribution in [3.05, 3.63) is 17.3 Å². The van der Waals surface area contributed by atoms with Gasteiger partial charge >= 0.3 is 0 Å². The molecule has 2 atom stereocenters. The van der Waals surface area contributed by atoms with Crippen LogP contribution < -0.4 is 4.90 Å². The van der Waals surface area contributed by atoms with Crippen LogP contribution in [0.2, 0.25) is 5.15 Å². The first-order chi connectivity index (χ1) is 7.24. The van der Waals surface area contributed by atoms with Gasteiger partial charge in [-0.15, -0.1) is 10.2 Å². The summed E-state index contributed by atoms with van der Waals surface area (Å²) in [5, 5.41) is 8.47. The molecule has 80 valence electrons. The first-order valence-electron chi connectivity index (χ1n) is 5.20. The Bertz CT molecular complexity index is 364. The first-order valence-corrected chi connectivity index (χ1v) is 5.58. The molecule has 1 aromatic heterocycles. The van der Waals surface area contributed by atoms with Crippen LogP contribution in [0.15, 0.2) is 12.1 Å². The standard InChI is InChI=1S/C10H13ClN4/c1-14-5-8-4-7(14)6-15(8)10-3-2-9(11)12-13-10/h2-3,7-8H,4-6H2,1H3/t7-,8-/m1/s1. The number of halogens is 1. The highest BCUT2D eigenvalue weighted by Crippen LogP contribution is 2.32. The zero-order valence-corrected chi connectivity index (χ0v) is 9.35. The molecule has 15 heavy (non-hydrogen) atoms. The van der Waals surface area contributed by atoms with Crippen molar-refractivity contribution >= 4 is 17.4 Å². The smallest absolute Gasteiger partial charge is 0.151 e. The summed E-state index contributed by atoms with van der Waals surface area (Å²) < 4.78 is 0. The summed E-state index contributed by atoms with van der Waals surface area (Å²) in [6, 6.07) is 5.05. The van der Waals surface area contributed by atoms with E-state index in [1.54, 1.807) is 6.07 Å². The number of rotatable bonds is 1. The Kier molecular flexibility index (Phi) is 2.07. The van der Waals surface area contributed by atoms with E-state index < -0.39 is 0 Å². The van der Waals surface area contributed by atoms with Gasteiger partial charge < -0.3 is 4.90 Å². The molecule has 2 fully saturated rings. The maximum absolute atomic E-state index is 5.72. The minimum Gasteiger partial charge on any atom is -0.349 e. The normalized spacial score (nSPS) is 30.1. The lowest BCUT2D eigenvalue weighted by Gasteiger charge is -2.32. The summed E-state index contributed by atoms with van der Waals surface area (Å²) in [5.74, 6) is 0.958. The Hall–Kier alpha value is -0.870. The van der Waals surface area contributed by atoms with Crippen molar-refractivity contribution in [1.82, 2.24) is 15.1 Å². The van der Waals surface area contributed by atoms with E-state index in [2.05, 4.69) is 27.0 Å². The van der Waals surface area contributed by atoms with Crippen LogP contribution in [0.4, 0.5) is 5.82 Å². The fourth-order valence-electron chi connectivity index (χ4n) is 2.61. The summed E-state index contributed by atoms with van der Waals surface area (Å²) in [6.07, 6.45) is 1.25. The topological polar surface area (TPSA) is 32.3 Å². The highest BCUT2D eigenvalue weighted by molar-refractivity contribution is 6.29. The lowest BCUT2D eigenvalue weighted by molar-refractivity contribution is 0.292. The Morgan fingerprint density at radius 2 is 2.13 bits per heavy atom. The van der Waals surface area contributed by atoms with Gasteiger partial charge in [0, 0.05) is 25.2 Å². The van der Waals surface area contributed by atoms with Gasteiger partial charge in [-0.05, 0) is 25.6 Å². The van der Waals surface area contributed by atoms with Gasteiger partial charge in [-0.25, -0.2) is 0 Å². The molecule has 2 bridgehead atoms. The van der Waals surface area contributed by atoms with Crippen molar-refractivity contribution in [2.45, 2.75) is 18.5 Å². The minimum atomic E-state index is 0.459. The van der Waals surface area contributed by atoms with Crippen molar-refractivity contribution in [2.75, 3.05) is 25.0 Å². The molecule has 1 aromatic rings. The number of hydrogen-bond acceptors (Lipinski definition) is 4. The fraction of sp³-hybridized carbons (Fsp3) is 0.600. The quantitative estimate of drug-likeness (QED) is 0.713. The lowest BCUT2D eigenvalue weighted by Crippen LogP contribution is -2.44. The molecule has 0 radical (unpaired) electrons. The number of anilines is 1. The molecule has 0 N–H and O–H groups in total. The summed E-state index contributed by atoms with van der Waals surface area (Å²) in [4.78, 5) is 4.76. The SMILES string of the molecule is CN1C[C@H]2C[C@@H]1CN2c1ccc(Cl)nn1. The van der Waals surface area contributed by atoms with Gasteiger partial charge in [-0.3, -0.25) is 4.90 Å². The molecule has 2 aliphatic rings. The average molecular weight is 225 g/mol. The zero-order valence-electron chi connectivity index (χ0n) is 8.60. The maximum Gasteiger partial charge on any atom is 0.151 e. The van der Waals surface area contributed by atoms with E-state index in [0.717, 1.165) is 18.9 Å². The molecule has 2 aliphatic heterocycles. The molecule has 0 saturated carbocycles. The Labute approximate surface area is 93.8 Å². The number of nitrogens with zero attached hydrogens (tertiary/aromatic N) is 4. The van der Waals surface area contributed by atoms with Crippen molar-refractivity contribution in [3.63, 3.8) is 0 Å². The predicted molar refractivity (Wildman–Crippen MR) is 59.2 cm³/mol. The molecular formula is C10H13ClN4. The van der Waals surface area contributed by atoms with Crippen LogP contribution >= 0.6 is 11.6 Å². The maximum atomic E-state index is 5.72. The highest BCUT2D eigenvalue weighted by atomic mass is 35.5. The van der Waals surface area contributed by atoms with Crippen molar-refractivity contribution in [3.8, 4) is 0 Å². The molecule has 2 saturated heterocycles. The molecule has 0 aliphatic carbocycles. The number of hydrogen-bond donors (Lipinski definition) is 0. The third-order valence-electron chi connectivity index (χ3n) is 3.43. The number of fused-ring (bicyclic) bond motifs is 2. The van der Waals surface area contributed by atoms with Crippen LogP contribution in [-0.2, 0) is 0 Å². The second-order valence-corrected chi connectivity index (χ2v) is 4.74. The zero-order chi connectivity index (χ0) is 10.4. The van der Waals surface area contributed by atoms with E-state index in [1.165, 1.54) is 6.42 Å². The summed E-state index contributed by atoms with van der Waals surface area (Å²) in [7, 11) is 2.19. The number of likely N-dealkylation sites (tertiary alicyclic amines) is 1. The van der Waals surface area contributed by atoms with Crippen LogP contribution in [0.1, 0.15) is 6.42 Å². The van der Waals surface area contributed by atoms with E-state index >= 15 is 0 Å². The molecule has 0 amide bonds. The van der Waals surface area contributed by atoms with Crippen LogP contribution in [0, 0.1) is 0 Å². The minimum absolute atomic E-state index is 0.459. The Balaban J connectivity index is 1.83. The van der Waals surface area contributed by atoms with Gasteiger partial charge in [0.1, 0.15) is 0 Å². The van der Waals surface area contributed by atoms with Crippen LogP contribution in [0.3, 0.4) is 0 Å². The molecule has 0 spiro atoms. The number of piperazine rings is 1. The Morgan fingerprint density at radius 3 is 2.67 bits per heavy atom. The summed E-state index contributed by atoms with van der Waals surface area (Å²) in [6.45, 7) is 2.20. The third-order valence-corrected chi connectivity index (χ3v) is 3.63. The van der Waals surface area contributed by atoms with Gasteiger partial charge in [0.25, 0.3) is 0 Å². The second kappa shape index (κ2) is 3.32. The average Bonchev–Trinajstić information content (AvgIpc) is 2.77. The monoisotopic (exact) mass is 224 g/mol. The largest absolute Gasteiger partial charge is 0.349 e. The van der Waals surface area contributed by atoms with E-state index in [1.807, 2.05) is 6.07 Å². The van der Waals surface area contributed by atoms with Crippen LogP contribution in [0.25, 0.3) is 0 Å². The second-order valence-electron chi connectivity index (χ2n) is 4.35. The van der Waals surface area contributed by atoms with Crippen molar-refractivity contribution in [2.24, 2.45) is 0 Å². The molecule has 4 nitrogen and oxygen atoms in total. The van der Waals surface area contributed by atoms with Gasteiger partial charge in [0.05, 0.1) is 0 Å². The molecule has 0 aromatic carbocycles. The van der Waals surface area contributed by atoms with Crippen molar-refractivity contribution in [1.29, 1.82) is 0 Å². The highest BCUT2D eigenvalue weighted by Gasteiger charge is 2.41.